The molecule has 32 heavy (non-hydrogen) atoms. The summed E-state index contributed by atoms with van der Waals surface area (Å²) in [6.45, 7) is 6.56. The van der Waals surface area contributed by atoms with Gasteiger partial charge in [0, 0.05) is 11.1 Å². The van der Waals surface area contributed by atoms with E-state index in [1.54, 1.807) is 24.3 Å². The number of ether oxygens (including phenoxy) is 1. The second-order valence-electron chi connectivity index (χ2n) is 8.26. The van der Waals surface area contributed by atoms with Gasteiger partial charge in [0.25, 0.3) is 0 Å². The van der Waals surface area contributed by atoms with Gasteiger partial charge in [-0.15, -0.1) is 0 Å². The molecule has 2 aromatic rings. The minimum absolute atomic E-state index is 0.0289. The number of alkyl carbamates (subject to hydrolysis) is 1. The van der Waals surface area contributed by atoms with Crippen molar-refractivity contribution in [2.75, 3.05) is 6.61 Å². The number of carboxylic acids is 1. The van der Waals surface area contributed by atoms with Crippen LogP contribution in [0.3, 0.4) is 0 Å². The van der Waals surface area contributed by atoms with Gasteiger partial charge in [0.2, 0.25) is 0 Å². The highest BCUT2D eigenvalue weighted by molar-refractivity contribution is 5.70. The number of aromatic hydroxyl groups is 1. The Morgan fingerprint density at radius 3 is 2.44 bits per heavy atom. The van der Waals surface area contributed by atoms with Crippen LogP contribution >= 0.6 is 0 Å². The summed E-state index contributed by atoms with van der Waals surface area (Å²) in [4.78, 5) is 22.1. The molecule has 3 rings (SSSR count). The van der Waals surface area contributed by atoms with E-state index in [4.69, 9.17) is 14.4 Å². The van der Waals surface area contributed by atoms with Crippen molar-refractivity contribution in [2.45, 2.75) is 65.8 Å². The Hall–Kier alpha value is -3.03. The number of carbonyl (C=O) groups is 2. The van der Waals surface area contributed by atoms with Gasteiger partial charge in [-0.1, -0.05) is 44.7 Å². The number of aryl methyl sites for hydroxylation is 1. The summed E-state index contributed by atoms with van der Waals surface area (Å²) in [6.07, 6.45) is 5.74. The molecule has 0 spiro atoms. The highest BCUT2D eigenvalue weighted by Gasteiger charge is 2.19. The largest absolute Gasteiger partial charge is 0.508 e. The number of rotatable bonds is 7. The first-order chi connectivity index (χ1) is 15.3. The lowest BCUT2D eigenvalue weighted by molar-refractivity contribution is -0.142. The Labute approximate surface area is 189 Å². The van der Waals surface area contributed by atoms with Crippen molar-refractivity contribution in [3.05, 3.63) is 35.5 Å². The molecule has 1 unspecified atom stereocenters. The van der Waals surface area contributed by atoms with E-state index in [9.17, 15) is 14.7 Å². The fourth-order valence-corrected chi connectivity index (χ4v) is 3.33. The van der Waals surface area contributed by atoms with Crippen molar-refractivity contribution >= 4 is 12.1 Å². The van der Waals surface area contributed by atoms with Crippen LogP contribution in [0.5, 0.6) is 5.75 Å². The predicted octanol–water partition coefficient (Wildman–Crippen LogP) is 5.28. The van der Waals surface area contributed by atoms with Crippen molar-refractivity contribution in [1.82, 2.24) is 10.5 Å². The lowest BCUT2D eigenvalue weighted by Gasteiger charge is -2.16. The average Bonchev–Trinajstić information content (AvgIpc) is 3.17. The maximum atomic E-state index is 11.7. The van der Waals surface area contributed by atoms with Gasteiger partial charge in [-0.25, -0.2) is 4.79 Å². The van der Waals surface area contributed by atoms with Crippen molar-refractivity contribution < 1.29 is 29.1 Å². The highest BCUT2D eigenvalue weighted by atomic mass is 16.5. The number of amides is 1. The number of phenols is 1. The molecular formula is C24H34N2O6. The molecule has 8 heteroatoms. The number of hydrogen-bond donors (Lipinski definition) is 3. The molecule has 1 aromatic carbocycles. The first-order valence-corrected chi connectivity index (χ1v) is 11.2. The van der Waals surface area contributed by atoms with E-state index < -0.39 is 12.1 Å². The molecule has 1 atom stereocenters. The first-order valence-electron chi connectivity index (χ1n) is 11.2. The van der Waals surface area contributed by atoms with E-state index in [2.05, 4.69) is 17.4 Å². The zero-order valence-electron chi connectivity index (χ0n) is 19.1. The standard InChI is InChI=1S/C17H22N2O4.C7H12O2/c1-4-11(2)10-22-17(21)18-9-15-12(3)19-23-16(15)13-5-7-14(20)8-6-13;8-7(9)6-4-2-1-3-5-6/h5-8,11,20H,4,9-10H2,1-3H3,(H,18,21);6H,1-5H2,(H,8,9). The Morgan fingerprint density at radius 1 is 1.22 bits per heavy atom. The minimum atomic E-state index is -0.602. The van der Waals surface area contributed by atoms with Gasteiger partial charge in [0.1, 0.15) is 5.75 Å². The van der Waals surface area contributed by atoms with Crippen molar-refractivity contribution in [2.24, 2.45) is 11.8 Å². The molecule has 0 radical (unpaired) electrons. The number of carboxylic acid groups (broad SMARTS) is 1. The summed E-state index contributed by atoms with van der Waals surface area (Å²) >= 11 is 0. The molecule has 8 nitrogen and oxygen atoms in total. The van der Waals surface area contributed by atoms with Gasteiger partial charge in [-0.05, 0) is 49.9 Å². The summed E-state index contributed by atoms with van der Waals surface area (Å²) in [5, 5.41) is 24.6. The molecule has 1 amide bonds. The summed E-state index contributed by atoms with van der Waals surface area (Å²) in [5.74, 6) is 0.460. The third-order valence-corrected chi connectivity index (χ3v) is 5.67. The molecular weight excluding hydrogens is 412 g/mol. The number of aliphatic carboxylic acids is 1. The Morgan fingerprint density at radius 2 is 1.88 bits per heavy atom. The lowest BCUT2D eigenvalue weighted by atomic mass is 9.90. The average molecular weight is 447 g/mol. The molecule has 1 heterocycles. The van der Waals surface area contributed by atoms with Gasteiger partial charge in [-0.2, -0.15) is 0 Å². The molecule has 1 aliphatic carbocycles. The SMILES string of the molecule is CCC(C)COC(=O)NCc1c(C)noc1-c1ccc(O)cc1.O=C(O)C1CCCCC1. The van der Waals surface area contributed by atoms with Gasteiger partial charge in [-0.3, -0.25) is 4.79 Å². The second kappa shape index (κ2) is 12.7. The summed E-state index contributed by atoms with van der Waals surface area (Å²) in [5.41, 5.74) is 2.28. The van der Waals surface area contributed by atoms with E-state index in [0.29, 0.717) is 24.0 Å². The molecule has 0 aliphatic heterocycles. The zero-order chi connectivity index (χ0) is 23.5. The van der Waals surface area contributed by atoms with Gasteiger partial charge >= 0.3 is 12.1 Å². The number of nitrogens with zero attached hydrogens (tertiary/aromatic N) is 1. The van der Waals surface area contributed by atoms with E-state index in [-0.39, 0.29) is 18.2 Å². The third kappa shape index (κ3) is 7.90. The molecule has 1 saturated carbocycles. The topological polar surface area (TPSA) is 122 Å². The van der Waals surface area contributed by atoms with Crippen LogP contribution in [0.2, 0.25) is 0 Å². The van der Waals surface area contributed by atoms with E-state index in [1.165, 1.54) is 6.42 Å². The van der Waals surface area contributed by atoms with Crippen LogP contribution in [0.25, 0.3) is 11.3 Å². The summed E-state index contributed by atoms with van der Waals surface area (Å²) < 4.78 is 10.5. The molecule has 0 saturated heterocycles. The highest BCUT2D eigenvalue weighted by Crippen LogP contribution is 2.27. The molecule has 1 aromatic heterocycles. The quantitative estimate of drug-likeness (QED) is 0.529. The Bertz CT molecular complexity index is 856. The number of aromatic nitrogens is 1. The van der Waals surface area contributed by atoms with Crippen LogP contribution < -0.4 is 5.32 Å². The van der Waals surface area contributed by atoms with Crippen LogP contribution in [0, 0.1) is 18.8 Å². The summed E-state index contributed by atoms with van der Waals surface area (Å²) in [6, 6.07) is 6.62. The van der Waals surface area contributed by atoms with Gasteiger partial charge in [0.15, 0.2) is 5.76 Å². The number of hydrogen-bond acceptors (Lipinski definition) is 6. The first kappa shape index (κ1) is 25.2. The second-order valence-corrected chi connectivity index (χ2v) is 8.26. The van der Waals surface area contributed by atoms with Crippen molar-refractivity contribution in [3.63, 3.8) is 0 Å². The van der Waals surface area contributed by atoms with Crippen molar-refractivity contribution in [3.8, 4) is 17.1 Å². The summed E-state index contributed by atoms with van der Waals surface area (Å²) in [7, 11) is 0. The van der Waals surface area contributed by atoms with E-state index in [0.717, 1.165) is 43.2 Å². The molecule has 176 valence electrons. The maximum absolute atomic E-state index is 11.7. The molecule has 3 N–H and O–H groups in total. The normalized spacial score (nSPS) is 14.7. The van der Waals surface area contributed by atoms with Crippen molar-refractivity contribution in [1.29, 1.82) is 0 Å². The number of phenolic OH excluding ortho intramolecular Hbond substituents is 1. The molecule has 1 fully saturated rings. The van der Waals surface area contributed by atoms with Crippen LogP contribution in [0.1, 0.15) is 63.6 Å². The molecule has 0 bridgehead atoms. The van der Waals surface area contributed by atoms with E-state index in [1.807, 2.05) is 13.8 Å². The Balaban J connectivity index is 0.000000336. The van der Waals surface area contributed by atoms with Crippen LogP contribution in [-0.2, 0) is 16.1 Å². The van der Waals surface area contributed by atoms with Crippen LogP contribution in [-0.4, -0.2) is 34.0 Å². The van der Waals surface area contributed by atoms with Gasteiger partial charge < -0.3 is 24.8 Å². The maximum Gasteiger partial charge on any atom is 0.407 e. The monoisotopic (exact) mass is 446 g/mol. The fraction of sp³-hybridized carbons (Fsp3) is 0.542. The number of nitrogens with one attached hydrogen (secondary N) is 1. The number of carbonyl (C=O) groups excluding carboxylic acids is 1. The van der Waals surface area contributed by atoms with E-state index >= 15 is 0 Å². The minimum Gasteiger partial charge on any atom is -0.508 e. The van der Waals surface area contributed by atoms with Crippen LogP contribution in [0.15, 0.2) is 28.8 Å². The number of benzene rings is 1. The lowest BCUT2D eigenvalue weighted by Crippen LogP contribution is -2.25. The fourth-order valence-electron chi connectivity index (χ4n) is 3.33. The Kier molecular flexibility index (Phi) is 10.0. The molecule has 1 aliphatic rings. The zero-order valence-corrected chi connectivity index (χ0v) is 19.1. The van der Waals surface area contributed by atoms with Crippen LogP contribution in [0.4, 0.5) is 4.79 Å². The van der Waals surface area contributed by atoms with Gasteiger partial charge in [0.05, 0.1) is 24.8 Å². The smallest absolute Gasteiger partial charge is 0.407 e. The third-order valence-electron chi connectivity index (χ3n) is 5.67. The predicted molar refractivity (Wildman–Crippen MR) is 120 cm³/mol.